The summed E-state index contributed by atoms with van der Waals surface area (Å²) in [7, 11) is 4.35. The molecule has 0 fully saturated rings. The molecule has 1 N–H and O–H groups in total. The van der Waals surface area contributed by atoms with Crippen LogP contribution in [0.3, 0.4) is 0 Å². The molecule has 2 aromatic heterocycles. The first-order valence-electron chi connectivity index (χ1n) is 9.49. The van der Waals surface area contributed by atoms with Crippen LogP contribution >= 0.6 is 0 Å². The zero-order valence-corrected chi connectivity index (χ0v) is 17.7. The molecule has 0 spiro atoms. The second-order valence-electron chi connectivity index (χ2n) is 6.90. The molecule has 0 saturated carbocycles. The van der Waals surface area contributed by atoms with Crippen molar-refractivity contribution < 1.29 is 37.8 Å². The Morgan fingerprint density at radius 3 is 2.31 bits per heavy atom. The quantitative estimate of drug-likeness (QED) is 0.550. The van der Waals surface area contributed by atoms with E-state index < -0.39 is 23.5 Å². The van der Waals surface area contributed by atoms with Crippen LogP contribution in [0.15, 0.2) is 56.9 Å². The fourth-order valence-electron chi connectivity index (χ4n) is 3.66. The Morgan fingerprint density at radius 2 is 1.81 bits per heavy atom. The molecule has 0 aliphatic carbocycles. The van der Waals surface area contributed by atoms with E-state index in [-0.39, 0.29) is 17.2 Å². The highest BCUT2D eigenvalue weighted by atomic mass is 16.5. The minimum absolute atomic E-state index is 0.0324. The van der Waals surface area contributed by atoms with Crippen LogP contribution in [0.1, 0.15) is 27.9 Å². The zero-order chi connectivity index (χ0) is 23.0. The lowest BCUT2D eigenvalue weighted by Gasteiger charge is -2.25. The van der Waals surface area contributed by atoms with E-state index in [1.165, 1.54) is 50.7 Å². The lowest BCUT2D eigenvalue weighted by molar-refractivity contribution is -0.117. The number of ketones is 1. The van der Waals surface area contributed by atoms with Crippen LogP contribution in [0.2, 0.25) is 0 Å². The van der Waals surface area contributed by atoms with E-state index in [0.717, 1.165) is 0 Å². The summed E-state index contributed by atoms with van der Waals surface area (Å²) in [6.07, 6.45) is 1.33. The highest BCUT2D eigenvalue weighted by Gasteiger charge is 2.47. The van der Waals surface area contributed by atoms with E-state index in [1.807, 2.05) is 0 Å². The van der Waals surface area contributed by atoms with Crippen molar-refractivity contribution in [2.24, 2.45) is 0 Å². The number of nitrogens with zero attached hydrogens (tertiary/aromatic N) is 2. The van der Waals surface area contributed by atoms with Gasteiger partial charge in [0, 0.05) is 6.07 Å². The van der Waals surface area contributed by atoms with Gasteiger partial charge < -0.3 is 28.3 Å². The Morgan fingerprint density at radius 1 is 1.12 bits per heavy atom. The lowest BCUT2D eigenvalue weighted by Crippen LogP contribution is -2.31. The van der Waals surface area contributed by atoms with E-state index in [2.05, 4.69) is 5.16 Å². The summed E-state index contributed by atoms with van der Waals surface area (Å²) in [6.45, 7) is 1.66. The summed E-state index contributed by atoms with van der Waals surface area (Å²) in [5, 5.41) is 14.6. The number of hydrogen-bond acceptors (Lipinski definition) is 9. The zero-order valence-electron chi connectivity index (χ0n) is 17.7. The van der Waals surface area contributed by atoms with Crippen LogP contribution in [0.25, 0.3) is 0 Å². The summed E-state index contributed by atoms with van der Waals surface area (Å²) >= 11 is 0. The molecular formula is C22H20N2O8. The molecule has 10 heteroatoms. The predicted molar refractivity (Wildman–Crippen MR) is 110 cm³/mol. The molecule has 10 nitrogen and oxygen atoms in total. The van der Waals surface area contributed by atoms with Crippen molar-refractivity contribution in [2.75, 3.05) is 26.2 Å². The number of aliphatic hydroxyl groups excluding tert-OH is 1. The van der Waals surface area contributed by atoms with Crippen LogP contribution in [0.4, 0.5) is 5.82 Å². The number of amides is 1. The van der Waals surface area contributed by atoms with Gasteiger partial charge in [-0.25, -0.2) is 0 Å². The third-order valence-corrected chi connectivity index (χ3v) is 5.06. The van der Waals surface area contributed by atoms with Crippen molar-refractivity contribution in [2.45, 2.75) is 13.0 Å². The van der Waals surface area contributed by atoms with Crippen LogP contribution in [-0.4, -0.2) is 43.3 Å². The summed E-state index contributed by atoms with van der Waals surface area (Å²) in [5.41, 5.74) is 0.229. The largest absolute Gasteiger partial charge is 0.503 e. The Labute approximate surface area is 182 Å². The molecule has 1 aliphatic rings. The van der Waals surface area contributed by atoms with Gasteiger partial charge in [-0.15, -0.1) is 0 Å². The molecular weight excluding hydrogens is 420 g/mol. The van der Waals surface area contributed by atoms with Crippen molar-refractivity contribution in [1.29, 1.82) is 0 Å². The van der Waals surface area contributed by atoms with Gasteiger partial charge in [0.2, 0.25) is 11.5 Å². The van der Waals surface area contributed by atoms with Gasteiger partial charge in [0.25, 0.3) is 5.91 Å². The molecule has 0 unspecified atom stereocenters. The van der Waals surface area contributed by atoms with Crippen LogP contribution in [0.5, 0.6) is 17.2 Å². The fraction of sp³-hybridized carbons (Fsp3) is 0.227. The van der Waals surface area contributed by atoms with Gasteiger partial charge >= 0.3 is 0 Å². The number of carbonyl (C=O) groups excluding carboxylic acids is 2. The highest BCUT2D eigenvalue weighted by molar-refractivity contribution is 6.20. The molecule has 1 amide bonds. The van der Waals surface area contributed by atoms with Gasteiger partial charge in [0.05, 0.1) is 39.2 Å². The number of methoxy groups -OCH3 is 3. The van der Waals surface area contributed by atoms with Gasteiger partial charge in [-0.3, -0.25) is 14.5 Å². The average molecular weight is 440 g/mol. The van der Waals surface area contributed by atoms with E-state index in [0.29, 0.717) is 28.6 Å². The maximum absolute atomic E-state index is 13.2. The van der Waals surface area contributed by atoms with Gasteiger partial charge in [-0.1, -0.05) is 5.16 Å². The summed E-state index contributed by atoms with van der Waals surface area (Å²) in [6, 6.07) is 6.62. The number of Topliss-reactive ketones (excluding diaryl/α,β-unsaturated/α-hetero) is 1. The highest BCUT2D eigenvalue weighted by Crippen LogP contribution is 2.46. The number of furan rings is 1. The number of hydrogen-bond donors (Lipinski definition) is 1. The number of anilines is 1. The Bertz CT molecular complexity index is 1180. The molecule has 0 radical (unpaired) electrons. The first-order chi connectivity index (χ1) is 15.4. The number of carbonyl (C=O) groups is 2. The lowest BCUT2D eigenvalue weighted by atomic mass is 9.94. The average Bonchev–Trinajstić information content (AvgIpc) is 3.53. The van der Waals surface area contributed by atoms with Crippen molar-refractivity contribution in [3.8, 4) is 17.2 Å². The molecule has 0 saturated heterocycles. The van der Waals surface area contributed by atoms with Crippen LogP contribution in [-0.2, 0) is 4.79 Å². The van der Waals surface area contributed by atoms with Crippen molar-refractivity contribution >= 4 is 17.5 Å². The van der Waals surface area contributed by atoms with Gasteiger partial charge in [0.1, 0.15) is 5.76 Å². The number of aliphatic hydroxyl groups is 1. The smallest absolute Gasteiger partial charge is 0.295 e. The van der Waals surface area contributed by atoms with Crippen molar-refractivity contribution in [1.82, 2.24) is 5.16 Å². The van der Waals surface area contributed by atoms with E-state index in [4.69, 9.17) is 23.2 Å². The Kier molecular flexibility index (Phi) is 5.35. The minimum Gasteiger partial charge on any atom is -0.503 e. The molecule has 1 atom stereocenters. The number of aromatic nitrogens is 1. The summed E-state index contributed by atoms with van der Waals surface area (Å²) in [5.74, 6) is -0.695. The molecule has 3 aromatic rings. The Hall–Kier alpha value is -4.21. The maximum atomic E-state index is 13.2. The maximum Gasteiger partial charge on any atom is 0.295 e. The number of aryl methyl sites for hydroxylation is 1. The number of benzene rings is 1. The van der Waals surface area contributed by atoms with Gasteiger partial charge in [-0.05, 0) is 36.8 Å². The van der Waals surface area contributed by atoms with Gasteiger partial charge in [-0.2, -0.15) is 0 Å². The van der Waals surface area contributed by atoms with E-state index in [1.54, 1.807) is 19.1 Å². The predicted octanol–water partition coefficient (Wildman–Crippen LogP) is 3.38. The van der Waals surface area contributed by atoms with Crippen LogP contribution < -0.4 is 19.1 Å². The van der Waals surface area contributed by atoms with Gasteiger partial charge in [0.15, 0.2) is 28.8 Å². The van der Waals surface area contributed by atoms with Crippen LogP contribution in [0, 0.1) is 6.92 Å². The number of ether oxygens (including phenoxy) is 3. The second-order valence-corrected chi connectivity index (χ2v) is 6.90. The third kappa shape index (κ3) is 3.25. The Balaban J connectivity index is 1.95. The van der Waals surface area contributed by atoms with Crippen molar-refractivity contribution in [3.63, 3.8) is 0 Å². The first kappa shape index (κ1) is 21.0. The molecule has 1 aliphatic heterocycles. The minimum atomic E-state index is -1.07. The topological polar surface area (TPSA) is 124 Å². The normalized spacial score (nSPS) is 15.9. The monoisotopic (exact) mass is 440 g/mol. The molecule has 32 heavy (non-hydrogen) atoms. The summed E-state index contributed by atoms with van der Waals surface area (Å²) < 4.78 is 26.5. The molecule has 4 rings (SSSR count). The van der Waals surface area contributed by atoms with Crippen molar-refractivity contribution in [3.05, 3.63) is 65.0 Å². The second kappa shape index (κ2) is 8.14. The molecule has 1 aromatic carbocycles. The SMILES string of the molecule is COc1cc([C@@H]2C(C(=O)c3ccco3)=C(O)C(=O)N2c2cc(C)on2)cc(OC)c1OC. The molecule has 166 valence electrons. The standard InChI is InChI=1S/C22H20N2O8/c1-11-8-16(23-32-11)24-18(12-9-14(28-2)21(30-4)15(10-12)29-3)17(20(26)22(24)27)19(25)13-6-5-7-31-13/h5-10,18,26H,1-4H3/t18-/m1/s1. The fourth-order valence-corrected chi connectivity index (χ4v) is 3.66. The first-order valence-corrected chi connectivity index (χ1v) is 9.49. The van der Waals surface area contributed by atoms with E-state index >= 15 is 0 Å². The molecule has 0 bridgehead atoms. The number of rotatable bonds is 7. The van der Waals surface area contributed by atoms with E-state index in [9.17, 15) is 14.7 Å². The molecule has 3 heterocycles. The summed E-state index contributed by atoms with van der Waals surface area (Å²) in [4.78, 5) is 27.5. The third-order valence-electron chi connectivity index (χ3n) is 5.06.